The maximum absolute atomic E-state index is 12.7. The molecule has 0 bridgehead atoms. The molecular formula is C23H16BrN3O3S. The number of hydrogen-bond donors (Lipinski definition) is 3. The van der Waals surface area contributed by atoms with Crippen molar-refractivity contribution in [1.82, 2.24) is 5.32 Å². The van der Waals surface area contributed by atoms with Crippen molar-refractivity contribution in [2.24, 2.45) is 0 Å². The predicted octanol–water partition coefficient (Wildman–Crippen LogP) is 5.57. The van der Waals surface area contributed by atoms with E-state index in [1.807, 2.05) is 30.3 Å². The van der Waals surface area contributed by atoms with Crippen LogP contribution in [0.5, 0.6) is 0 Å². The van der Waals surface area contributed by atoms with E-state index in [4.69, 9.17) is 16.6 Å². The van der Waals surface area contributed by atoms with E-state index >= 15 is 0 Å². The van der Waals surface area contributed by atoms with Crippen LogP contribution >= 0.6 is 28.1 Å². The third-order valence-corrected chi connectivity index (χ3v) is 5.38. The summed E-state index contributed by atoms with van der Waals surface area (Å²) in [7, 11) is 0. The number of hydrogen-bond acceptors (Lipinski definition) is 4. The number of halogens is 1. The van der Waals surface area contributed by atoms with Crippen LogP contribution in [-0.4, -0.2) is 16.9 Å². The number of furan rings is 1. The second-order valence-electron chi connectivity index (χ2n) is 6.56. The number of anilines is 2. The monoisotopic (exact) mass is 493 g/mol. The molecule has 0 aliphatic heterocycles. The van der Waals surface area contributed by atoms with Gasteiger partial charge >= 0.3 is 0 Å². The van der Waals surface area contributed by atoms with Crippen molar-refractivity contribution in [3.8, 4) is 0 Å². The third-order valence-electron chi connectivity index (χ3n) is 4.49. The Hall–Kier alpha value is -3.49. The Kier molecular flexibility index (Phi) is 6.11. The molecule has 0 unspecified atom stereocenters. The Morgan fingerprint density at radius 3 is 2.16 bits per heavy atom. The molecule has 4 aromatic rings. The molecule has 0 fully saturated rings. The molecule has 31 heavy (non-hydrogen) atoms. The van der Waals surface area contributed by atoms with Crippen LogP contribution in [0.15, 0.2) is 87.9 Å². The standard InChI is InChI=1S/C23H16BrN3O3S/c24-19-7-2-4-16-17(19)5-1-6-18(16)21(28)27-23(31)26-15-11-9-14(10-12-15)25-22(29)20-8-3-13-30-20/h1-13H,(H,25,29)(H2,26,27,28,31). The van der Waals surface area contributed by atoms with Gasteiger partial charge in [0.15, 0.2) is 10.9 Å². The van der Waals surface area contributed by atoms with Crippen LogP contribution in [0.2, 0.25) is 0 Å². The molecule has 1 aromatic heterocycles. The first kappa shape index (κ1) is 20.8. The molecule has 3 aromatic carbocycles. The molecule has 0 spiro atoms. The SMILES string of the molecule is O=C(Nc1ccc(NC(=S)NC(=O)c2cccc3c(Br)cccc23)cc1)c1ccco1. The number of carbonyl (C=O) groups excluding carboxylic acids is 2. The average Bonchev–Trinajstić information content (AvgIpc) is 3.30. The van der Waals surface area contributed by atoms with E-state index < -0.39 is 0 Å². The molecule has 4 rings (SSSR count). The second-order valence-corrected chi connectivity index (χ2v) is 7.82. The summed E-state index contributed by atoms with van der Waals surface area (Å²) < 4.78 is 5.98. The molecule has 0 saturated carbocycles. The Morgan fingerprint density at radius 1 is 0.774 bits per heavy atom. The molecule has 0 saturated heterocycles. The number of thiocarbonyl (C=S) groups is 1. The molecule has 0 atom stereocenters. The predicted molar refractivity (Wildman–Crippen MR) is 128 cm³/mol. The van der Waals surface area contributed by atoms with E-state index in [2.05, 4.69) is 31.9 Å². The number of nitrogens with one attached hydrogen (secondary N) is 3. The van der Waals surface area contributed by atoms with Gasteiger partial charge in [0.05, 0.1) is 6.26 Å². The van der Waals surface area contributed by atoms with Gasteiger partial charge in [-0.3, -0.25) is 14.9 Å². The minimum Gasteiger partial charge on any atom is -0.459 e. The summed E-state index contributed by atoms with van der Waals surface area (Å²) in [6, 6.07) is 21.4. The zero-order valence-corrected chi connectivity index (χ0v) is 18.4. The number of benzene rings is 3. The van der Waals surface area contributed by atoms with E-state index in [0.29, 0.717) is 16.9 Å². The zero-order chi connectivity index (χ0) is 21.8. The lowest BCUT2D eigenvalue weighted by molar-refractivity contribution is 0.0976. The molecule has 1 heterocycles. The maximum Gasteiger partial charge on any atom is 0.291 e. The van der Waals surface area contributed by atoms with Crippen molar-refractivity contribution < 1.29 is 14.0 Å². The van der Waals surface area contributed by atoms with E-state index in [0.717, 1.165) is 15.2 Å². The summed E-state index contributed by atoms with van der Waals surface area (Å²) in [4.78, 5) is 24.8. The number of rotatable bonds is 4. The summed E-state index contributed by atoms with van der Waals surface area (Å²) in [5, 5.41) is 10.4. The number of carbonyl (C=O) groups is 2. The fraction of sp³-hybridized carbons (Fsp3) is 0. The largest absolute Gasteiger partial charge is 0.459 e. The second kappa shape index (κ2) is 9.11. The van der Waals surface area contributed by atoms with Crippen LogP contribution < -0.4 is 16.0 Å². The fourth-order valence-corrected chi connectivity index (χ4v) is 3.75. The van der Waals surface area contributed by atoms with Crippen LogP contribution in [0.4, 0.5) is 11.4 Å². The maximum atomic E-state index is 12.7. The van der Waals surface area contributed by atoms with Crippen LogP contribution in [-0.2, 0) is 0 Å². The van der Waals surface area contributed by atoms with Gasteiger partial charge in [-0.15, -0.1) is 0 Å². The lowest BCUT2D eigenvalue weighted by Crippen LogP contribution is -2.34. The van der Waals surface area contributed by atoms with Crippen LogP contribution in [0, 0.1) is 0 Å². The minimum atomic E-state index is -0.338. The summed E-state index contributed by atoms with van der Waals surface area (Å²) in [5.41, 5.74) is 1.80. The van der Waals surface area contributed by atoms with Gasteiger partial charge < -0.3 is 15.1 Å². The van der Waals surface area contributed by atoms with Gasteiger partial charge in [0, 0.05) is 21.4 Å². The van der Waals surface area contributed by atoms with Gasteiger partial charge in [0.2, 0.25) is 0 Å². The molecule has 154 valence electrons. The minimum absolute atomic E-state index is 0.171. The molecule has 2 amide bonds. The van der Waals surface area contributed by atoms with Gasteiger partial charge in [-0.1, -0.05) is 40.2 Å². The van der Waals surface area contributed by atoms with Gasteiger partial charge in [-0.05, 0) is 71.5 Å². The van der Waals surface area contributed by atoms with Crippen molar-refractivity contribution in [2.45, 2.75) is 0 Å². The van der Waals surface area contributed by atoms with Crippen molar-refractivity contribution in [1.29, 1.82) is 0 Å². The van der Waals surface area contributed by atoms with Gasteiger partial charge in [-0.2, -0.15) is 0 Å². The molecule has 0 aliphatic rings. The fourth-order valence-electron chi connectivity index (χ4n) is 3.04. The van der Waals surface area contributed by atoms with Crippen LogP contribution in [0.25, 0.3) is 10.8 Å². The third kappa shape index (κ3) is 4.82. The van der Waals surface area contributed by atoms with Gasteiger partial charge in [0.1, 0.15) is 0 Å². The quantitative estimate of drug-likeness (QED) is 0.323. The topological polar surface area (TPSA) is 83.4 Å². The van der Waals surface area contributed by atoms with Crippen LogP contribution in [0.3, 0.4) is 0 Å². The first-order chi connectivity index (χ1) is 15.0. The average molecular weight is 494 g/mol. The summed E-state index contributed by atoms with van der Waals surface area (Å²) in [6.07, 6.45) is 1.44. The zero-order valence-electron chi connectivity index (χ0n) is 16.0. The molecule has 3 N–H and O–H groups in total. The Labute approximate surface area is 191 Å². The molecule has 6 nitrogen and oxygen atoms in total. The highest BCUT2D eigenvalue weighted by atomic mass is 79.9. The highest BCUT2D eigenvalue weighted by molar-refractivity contribution is 9.10. The van der Waals surface area contributed by atoms with Gasteiger partial charge in [0.25, 0.3) is 11.8 Å². The molecule has 0 aliphatic carbocycles. The molecular weight excluding hydrogens is 478 g/mol. The lowest BCUT2D eigenvalue weighted by Gasteiger charge is -2.12. The number of fused-ring (bicyclic) bond motifs is 1. The van der Waals surface area contributed by atoms with E-state index in [1.165, 1.54) is 6.26 Å². The Balaban J connectivity index is 1.39. The number of amides is 2. The first-order valence-corrected chi connectivity index (χ1v) is 10.5. The molecule has 8 heteroatoms. The van der Waals surface area contributed by atoms with E-state index in [9.17, 15) is 9.59 Å². The van der Waals surface area contributed by atoms with Gasteiger partial charge in [-0.25, -0.2) is 0 Å². The summed E-state index contributed by atoms with van der Waals surface area (Å²) in [5.74, 6) is -0.412. The normalized spacial score (nSPS) is 10.5. The Bertz CT molecular complexity index is 1270. The van der Waals surface area contributed by atoms with E-state index in [1.54, 1.807) is 42.5 Å². The Morgan fingerprint density at radius 2 is 1.45 bits per heavy atom. The van der Waals surface area contributed by atoms with Crippen molar-refractivity contribution >= 4 is 67.2 Å². The van der Waals surface area contributed by atoms with Crippen molar-refractivity contribution in [2.75, 3.05) is 10.6 Å². The highest BCUT2D eigenvalue weighted by Crippen LogP contribution is 2.26. The highest BCUT2D eigenvalue weighted by Gasteiger charge is 2.13. The molecule has 0 radical (unpaired) electrons. The smallest absolute Gasteiger partial charge is 0.291 e. The van der Waals surface area contributed by atoms with E-state index in [-0.39, 0.29) is 22.7 Å². The van der Waals surface area contributed by atoms with Crippen molar-refractivity contribution in [3.05, 3.63) is 94.9 Å². The van der Waals surface area contributed by atoms with Crippen molar-refractivity contribution in [3.63, 3.8) is 0 Å². The van der Waals surface area contributed by atoms with Crippen LogP contribution in [0.1, 0.15) is 20.9 Å². The summed E-state index contributed by atoms with van der Waals surface area (Å²) in [6.45, 7) is 0. The first-order valence-electron chi connectivity index (χ1n) is 9.26. The summed E-state index contributed by atoms with van der Waals surface area (Å²) >= 11 is 8.79. The lowest BCUT2D eigenvalue weighted by atomic mass is 10.0.